The molecule has 0 aromatic heterocycles. The van der Waals surface area contributed by atoms with Crippen molar-refractivity contribution >= 4 is 29.0 Å². The minimum absolute atomic E-state index is 0.143. The van der Waals surface area contributed by atoms with Crippen LogP contribution in [0.25, 0.3) is 0 Å². The van der Waals surface area contributed by atoms with Crippen LogP contribution in [0.4, 0.5) is 21.9 Å². The number of aryl methyl sites for hydroxylation is 1. The van der Waals surface area contributed by atoms with Gasteiger partial charge in [0.1, 0.15) is 0 Å². The van der Waals surface area contributed by atoms with Crippen LogP contribution in [0.1, 0.15) is 47.7 Å². The number of rotatable bonds is 11. The number of anilines is 3. The summed E-state index contributed by atoms with van der Waals surface area (Å²) in [5, 5.41) is 8.78. The van der Waals surface area contributed by atoms with Crippen LogP contribution in [0.15, 0.2) is 72.8 Å². The first-order chi connectivity index (χ1) is 19.0. The van der Waals surface area contributed by atoms with Crippen molar-refractivity contribution in [2.45, 2.75) is 39.5 Å². The molecule has 7 heteroatoms. The molecule has 1 heterocycles. The summed E-state index contributed by atoms with van der Waals surface area (Å²) in [7, 11) is 0. The van der Waals surface area contributed by atoms with Crippen LogP contribution in [0.3, 0.4) is 0 Å². The van der Waals surface area contributed by atoms with E-state index in [1.165, 1.54) is 5.56 Å². The van der Waals surface area contributed by atoms with Crippen LogP contribution < -0.4 is 20.9 Å². The first-order valence-electron chi connectivity index (χ1n) is 14.0. The van der Waals surface area contributed by atoms with Gasteiger partial charge in [0, 0.05) is 49.9 Å². The van der Waals surface area contributed by atoms with Crippen LogP contribution in [-0.4, -0.2) is 44.8 Å². The third kappa shape index (κ3) is 8.58. The molecule has 0 unspecified atom stereocenters. The molecular weight excluding hydrogens is 488 g/mol. The van der Waals surface area contributed by atoms with Gasteiger partial charge in [-0.1, -0.05) is 42.5 Å². The van der Waals surface area contributed by atoms with Crippen molar-refractivity contribution in [2.24, 2.45) is 5.92 Å². The summed E-state index contributed by atoms with van der Waals surface area (Å²) >= 11 is 0. The Morgan fingerprint density at radius 1 is 0.923 bits per heavy atom. The molecule has 3 aromatic rings. The lowest BCUT2D eigenvalue weighted by atomic mass is 9.89. The number of hydrogen-bond donors (Lipinski definition) is 3. The number of hydrogen-bond acceptors (Lipinski definition) is 4. The molecule has 4 rings (SSSR count). The summed E-state index contributed by atoms with van der Waals surface area (Å²) < 4.78 is 5.40. The number of carbonyl (C=O) groups is 2. The van der Waals surface area contributed by atoms with Crippen LogP contribution in [0, 0.1) is 12.8 Å². The summed E-state index contributed by atoms with van der Waals surface area (Å²) in [6.07, 6.45) is 3.98. The van der Waals surface area contributed by atoms with Crippen LogP contribution in [-0.2, 0) is 11.2 Å². The number of piperidine rings is 1. The van der Waals surface area contributed by atoms with Gasteiger partial charge in [-0.15, -0.1) is 0 Å². The molecule has 206 valence electrons. The Labute approximate surface area is 231 Å². The van der Waals surface area contributed by atoms with Gasteiger partial charge in [-0.2, -0.15) is 0 Å². The molecule has 3 N–H and O–H groups in total. The van der Waals surface area contributed by atoms with Gasteiger partial charge < -0.3 is 25.6 Å². The minimum Gasteiger partial charge on any atom is -0.382 e. The number of nitrogens with zero attached hydrogens (tertiary/aromatic N) is 1. The van der Waals surface area contributed by atoms with E-state index >= 15 is 0 Å². The average Bonchev–Trinajstić information content (AvgIpc) is 2.94. The highest BCUT2D eigenvalue weighted by molar-refractivity contribution is 6.04. The van der Waals surface area contributed by atoms with Gasteiger partial charge >= 0.3 is 6.03 Å². The van der Waals surface area contributed by atoms with E-state index in [0.717, 1.165) is 55.7 Å². The predicted molar refractivity (Wildman–Crippen MR) is 159 cm³/mol. The van der Waals surface area contributed by atoms with Crippen LogP contribution in [0.2, 0.25) is 0 Å². The van der Waals surface area contributed by atoms with Gasteiger partial charge in [0.25, 0.3) is 5.91 Å². The smallest absolute Gasteiger partial charge is 0.323 e. The highest BCUT2D eigenvalue weighted by atomic mass is 16.5. The van der Waals surface area contributed by atoms with E-state index in [9.17, 15) is 9.59 Å². The second-order valence-corrected chi connectivity index (χ2v) is 10.1. The number of nitrogens with one attached hydrogen (secondary N) is 3. The molecule has 0 bridgehead atoms. The number of ether oxygens (including phenoxy) is 1. The zero-order valence-corrected chi connectivity index (χ0v) is 23.0. The predicted octanol–water partition coefficient (Wildman–Crippen LogP) is 6.25. The zero-order chi connectivity index (χ0) is 27.5. The molecule has 1 aliphatic rings. The molecule has 3 amide bonds. The second kappa shape index (κ2) is 14.4. The first kappa shape index (κ1) is 28.2. The average molecular weight is 529 g/mol. The van der Waals surface area contributed by atoms with E-state index in [1.54, 1.807) is 6.07 Å². The SMILES string of the molecule is CCOCCCNC(=O)c1cc(NC(=O)Nc2cccc(C)c2)ccc1N1CCC(Cc2ccccc2)CC1. The molecule has 0 aliphatic carbocycles. The van der Waals surface area contributed by atoms with Crippen molar-refractivity contribution in [3.8, 4) is 0 Å². The van der Waals surface area contributed by atoms with Crippen LogP contribution in [0.5, 0.6) is 0 Å². The number of amides is 3. The molecule has 0 radical (unpaired) electrons. The third-order valence-electron chi connectivity index (χ3n) is 7.05. The quantitative estimate of drug-likeness (QED) is 0.257. The molecule has 0 atom stereocenters. The van der Waals surface area contributed by atoms with Gasteiger partial charge in [0.2, 0.25) is 0 Å². The summed E-state index contributed by atoms with van der Waals surface area (Å²) in [6, 6.07) is 23.5. The standard InChI is InChI=1S/C32H40N4O3/c1-3-39-20-8-17-33-31(37)29-23-28(35-32(38)34-27-12-7-9-24(2)21-27)13-14-30(29)36-18-15-26(16-19-36)22-25-10-5-4-6-11-25/h4-7,9-14,21,23,26H,3,8,15-20,22H2,1-2H3,(H,33,37)(H2,34,35,38). The monoisotopic (exact) mass is 528 g/mol. The second-order valence-electron chi connectivity index (χ2n) is 10.1. The zero-order valence-electron chi connectivity index (χ0n) is 23.0. The molecule has 1 saturated heterocycles. The van der Waals surface area contributed by atoms with Gasteiger partial charge in [0.05, 0.1) is 5.56 Å². The van der Waals surface area contributed by atoms with Gasteiger partial charge in [-0.3, -0.25) is 4.79 Å². The summed E-state index contributed by atoms with van der Waals surface area (Å²) in [5.74, 6) is 0.487. The first-order valence-corrected chi connectivity index (χ1v) is 14.0. The maximum atomic E-state index is 13.3. The fourth-order valence-corrected chi connectivity index (χ4v) is 5.03. The van der Waals surface area contributed by atoms with E-state index < -0.39 is 0 Å². The Morgan fingerprint density at radius 3 is 2.38 bits per heavy atom. The number of benzene rings is 3. The molecule has 1 fully saturated rings. The lowest BCUT2D eigenvalue weighted by molar-refractivity contribution is 0.0944. The topological polar surface area (TPSA) is 82.7 Å². The lowest BCUT2D eigenvalue weighted by Gasteiger charge is -2.35. The van der Waals surface area contributed by atoms with Crippen molar-refractivity contribution in [1.82, 2.24) is 5.32 Å². The van der Waals surface area contributed by atoms with Crippen molar-refractivity contribution in [3.63, 3.8) is 0 Å². The summed E-state index contributed by atoms with van der Waals surface area (Å²) in [4.78, 5) is 28.3. The highest BCUT2D eigenvalue weighted by Crippen LogP contribution is 2.30. The molecule has 39 heavy (non-hydrogen) atoms. The van der Waals surface area contributed by atoms with E-state index in [4.69, 9.17) is 4.74 Å². The number of urea groups is 1. The van der Waals surface area contributed by atoms with E-state index in [1.807, 2.05) is 50.2 Å². The lowest BCUT2D eigenvalue weighted by Crippen LogP contribution is -2.36. The molecule has 7 nitrogen and oxygen atoms in total. The van der Waals surface area contributed by atoms with E-state index in [-0.39, 0.29) is 11.9 Å². The molecule has 1 aliphatic heterocycles. The Morgan fingerprint density at radius 2 is 1.67 bits per heavy atom. The fourth-order valence-electron chi connectivity index (χ4n) is 5.03. The van der Waals surface area contributed by atoms with Crippen LogP contribution >= 0.6 is 0 Å². The maximum absolute atomic E-state index is 13.3. The fraction of sp³-hybridized carbons (Fsp3) is 0.375. The Kier molecular flexibility index (Phi) is 10.4. The molecule has 3 aromatic carbocycles. The Balaban J connectivity index is 1.44. The Hall–Kier alpha value is -3.84. The summed E-state index contributed by atoms with van der Waals surface area (Å²) in [5.41, 5.74) is 5.20. The van der Waals surface area contributed by atoms with E-state index in [0.29, 0.717) is 36.9 Å². The van der Waals surface area contributed by atoms with Crippen molar-refractivity contribution < 1.29 is 14.3 Å². The van der Waals surface area contributed by atoms with Gasteiger partial charge in [-0.05, 0) is 86.9 Å². The highest BCUT2D eigenvalue weighted by Gasteiger charge is 2.24. The summed E-state index contributed by atoms with van der Waals surface area (Å²) in [6.45, 7) is 7.53. The Bertz CT molecular complexity index is 1220. The molecule has 0 spiro atoms. The van der Waals surface area contributed by atoms with Gasteiger partial charge in [0.15, 0.2) is 0 Å². The minimum atomic E-state index is -0.349. The van der Waals surface area contributed by atoms with Crippen molar-refractivity contribution in [3.05, 3.63) is 89.5 Å². The van der Waals surface area contributed by atoms with Crippen molar-refractivity contribution in [2.75, 3.05) is 48.4 Å². The van der Waals surface area contributed by atoms with Crippen molar-refractivity contribution in [1.29, 1.82) is 0 Å². The van der Waals surface area contributed by atoms with Gasteiger partial charge in [-0.25, -0.2) is 4.79 Å². The van der Waals surface area contributed by atoms with E-state index in [2.05, 4.69) is 51.2 Å². The maximum Gasteiger partial charge on any atom is 0.323 e. The molecule has 0 saturated carbocycles. The largest absolute Gasteiger partial charge is 0.382 e. The normalized spacial score (nSPS) is 13.6. The third-order valence-corrected chi connectivity index (χ3v) is 7.05. The molecular formula is C32H40N4O3. The number of carbonyl (C=O) groups excluding carboxylic acids is 2.